The fourth-order valence-corrected chi connectivity index (χ4v) is 2.51. The van der Waals surface area contributed by atoms with E-state index in [2.05, 4.69) is 32.0 Å². The zero-order chi connectivity index (χ0) is 19.8. The van der Waals surface area contributed by atoms with Crippen LogP contribution in [0.25, 0.3) is 5.82 Å². The highest BCUT2D eigenvalue weighted by molar-refractivity contribution is 5.80. The molecule has 0 aliphatic carbocycles. The van der Waals surface area contributed by atoms with Crippen molar-refractivity contribution in [2.75, 3.05) is 23.7 Å². The van der Waals surface area contributed by atoms with Crippen LogP contribution in [0.15, 0.2) is 54.9 Å². The number of nitrogens with zero attached hydrogens (tertiary/aromatic N) is 4. The third-order valence-electron chi connectivity index (χ3n) is 3.92. The van der Waals surface area contributed by atoms with Gasteiger partial charge in [0, 0.05) is 31.5 Å². The van der Waals surface area contributed by atoms with Crippen molar-refractivity contribution in [1.29, 1.82) is 5.26 Å². The van der Waals surface area contributed by atoms with Crippen LogP contribution >= 0.6 is 0 Å². The Kier molecular flexibility index (Phi) is 6.21. The standard InChI is InChI=1S/C20H21N7O/c1-2-22-20-25-17(11-18(26-20)27-9-3-4-10-27)23-14-19(28)24-13-16-7-5-15(12-21)6-8-16/h3-11H,2,13-14H2,1H3,(H,24,28)(H2,22,23,25,26). The largest absolute Gasteiger partial charge is 0.361 e. The fraction of sp³-hybridized carbons (Fsp3) is 0.200. The second-order valence-corrected chi connectivity index (χ2v) is 5.99. The summed E-state index contributed by atoms with van der Waals surface area (Å²) in [6.45, 7) is 3.15. The first-order chi connectivity index (χ1) is 13.7. The Morgan fingerprint density at radius 1 is 1.14 bits per heavy atom. The van der Waals surface area contributed by atoms with Crippen molar-refractivity contribution in [3.05, 3.63) is 66.0 Å². The summed E-state index contributed by atoms with van der Waals surface area (Å²) in [5.74, 6) is 1.60. The third kappa shape index (κ3) is 5.08. The molecule has 0 saturated heterocycles. The Hall–Kier alpha value is -3.86. The van der Waals surface area contributed by atoms with E-state index in [9.17, 15) is 4.79 Å². The number of nitriles is 1. The molecule has 0 fully saturated rings. The van der Waals surface area contributed by atoms with Gasteiger partial charge < -0.3 is 20.5 Å². The molecule has 1 aromatic carbocycles. The lowest BCUT2D eigenvalue weighted by molar-refractivity contribution is -0.119. The number of carbonyl (C=O) groups excluding carboxylic acids is 1. The summed E-state index contributed by atoms with van der Waals surface area (Å²) in [6.07, 6.45) is 3.79. The molecule has 3 rings (SSSR count). The first kappa shape index (κ1) is 18.9. The van der Waals surface area contributed by atoms with Gasteiger partial charge in [0.25, 0.3) is 0 Å². The van der Waals surface area contributed by atoms with Crippen molar-refractivity contribution in [2.24, 2.45) is 0 Å². The maximum Gasteiger partial charge on any atom is 0.239 e. The lowest BCUT2D eigenvalue weighted by atomic mass is 10.1. The van der Waals surface area contributed by atoms with E-state index in [1.807, 2.05) is 48.1 Å². The average Bonchev–Trinajstić information content (AvgIpc) is 3.26. The van der Waals surface area contributed by atoms with Crippen LogP contribution in [0, 0.1) is 11.3 Å². The number of amides is 1. The first-order valence-electron chi connectivity index (χ1n) is 8.94. The van der Waals surface area contributed by atoms with Gasteiger partial charge in [-0.2, -0.15) is 15.2 Å². The molecule has 8 nitrogen and oxygen atoms in total. The van der Waals surface area contributed by atoms with Crippen molar-refractivity contribution in [3.63, 3.8) is 0 Å². The van der Waals surface area contributed by atoms with E-state index < -0.39 is 0 Å². The molecule has 142 valence electrons. The molecular weight excluding hydrogens is 354 g/mol. The van der Waals surface area contributed by atoms with Gasteiger partial charge in [-0.1, -0.05) is 12.1 Å². The molecule has 1 amide bonds. The predicted octanol–water partition coefficient (Wildman–Crippen LogP) is 2.30. The molecule has 0 saturated carbocycles. The van der Waals surface area contributed by atoms with Gasteiger partial charge in [0.1, 0.15) is 11.6 Å². The molecule has 0 radical (unpaired) electrons. The van der Waals surface area contributed by atoms with Gasteiger partial charge in [-0.25, -0.2) is 0 Å². The number of aromatic nitrogens is 3. The molecule has 0 bridgehead atoms. The van der Waals surface area contributed by atoms with Crippen LogP contribution in [0.2, 0.25) is 0 Å². The van der Waals surface area contributed by atoms with Crippen molar-refractivity contribution < 1.29 is 4.79 Å². The topological polar surface area (TPSA) is 108 Å². The predicted molar refractivity (Wildman–Crippen MR) is 107 cm³/mol. The molecule has 28 heavy (non-hydrogen) atoms. The molecule has 0 aliphatic rings. The van der Waals surface area contributed by atoms with Gasteiger partial charge in [0.15, 0.2) is 0 Å². The van der Waals surface area contributed by atoms with Crippen LogP contribution in [0.5, 0.6) is 0 Å². The van der Waals surface area contributed by atoms with Crippen LogP contribution < -0.4 is 16.0 Å². The summed E-state index contributed by atoms with van der Waals surface area (Å²) >= 11 is 0. The minimum Gasteiger partial charge on any atom is -0.361 e. The Morgan fingerprint density at radius 3 is 2.57 bits per heavy atom. The summed E-state index contributed by atoms with van der Waals surface area (Å²) in [7, 11) is 0. The molecule has 0 unspecified atom stereocenters. The quantitative estimate of drug-likeness (QED) is 0.558. The van der Waals surface area contributed by atoms with Gasteiger partial charge in [-0.15, -0.1) is 0 Å². The summed E-state index contributed by atoms with van der Waals surface area (Å²) < 4.78 is 1.87. The molecule has 2 aromatic heterocycles. The summed E-state index contributed by atoms with van der Waals surface area (Å²) in [4.78, 5) is 21.0. The Bertz CT molecular complexity index is 959. The molecule has 2 heterocycles. The molecule has 0 atom stereocenters. The number of hydrogen-bond acceptors (Lipinski definition) is 6. The van der Waals surface area contributed by atoms with E-state index in [0.717, 1.165) is 5.56 Å². The zero-order valence-electron chi connectivity index (χ0n) is 15.5. The second-order valence-electron chi connectivity index (χ2n) is 5.99. The van der Waals surface area contributed by atoms with E-state index in [1.165, 1.54) is 0 Å². The molecule has 3 N–H and O–H groups in total. The van der Waals surface area contributed by atoms with Gasteiger partial charge in [0.05, 0.1) is 18.2 Å². The minimum atomic E-state index is -0.157. The van der Waals surface area contributed by atoms with E-state index in [4.69, 9.17) is 5.26 Å². The summed E-state index contributed by atoms with van der Waals surface area (Å²) in [5, 5.41) is 17.8. The van der Waals surface area contributed by atoms with Crippen molar-refractivity contribution in [2.45, 2.75) is 13.5 Å². The van der Waals surface area contributed by atoms with E-state index in [-0.39, 0.29) is 12.5 Å². The van der Waals surface area contributed by atoms with Crippen LogP contribution in [-0.4, -0.2) is 33.5 Å². The number of anilines is 2. The van der Waals surface area contributed by atoms with E-state index in [1.54, 1.807) is 18.2 Å². The lowest BCUT2D eigenvalue weighted by Gasteiger charge is -2.11. The van der Waals surface area contributed by atoms with Crippen LogP contribution in [0.1, 0.15) is 18.1 Å². The maximum atomic E-state index is 12.1. The number of benzene rings is 1. The van der Waals surface area contributed by atoms with Gasteiger partial charge in [-0.05, 0) is 36.8 Å². The Labute approximate surface area is 163 Å². The van der Waals surface area contributed by atoms with Gasteiger partial charge >= 0.3 is 0 Å². The summed E-state index contributed by atoms with van der Waals surface area (Å²) in [6, 6.07) is 14.8. The van der Waals surface area contributed by atoms with Crippen LogP contribution in [-0.2, 0) is 11.3 Å². The third-order valence-corrected chi connectivity index (χ3v) is 3.92. The smallest absolute Gasteiger partial charge is 0.239 e. The number of hydrogen-bond donors (Lipinski definition) is 3. The maximum absolute atomic E-state index is 12.1. The number of carbonyl (C=O) groups is 1. The van der Waals surface area contributed by atoms with Crippen molar-refractivity contribution in [1.82, 2.24) is 19.9 Å². The monoisotopic (exact) mass is 375 g/mol. The number of nitrogens with one attached hydrogen (secondary N) is 3. The van der Waals surface area contributed by atoms with E-state index >= 15 is 0 Å². The Balaban J connectivity index is 1.59. The zero-order valence-corrected chi connectivity index (χ0v) is 15.5. The molecule has 0 aliphatic heterocycles. The Morgan fingerprint density at radius 2 is 1.89 bits per heavy atom. The van der Waals surface area contributed by atoms with Gasteiger partial charge in [-0.3, -0.25) is 4.79 Å². The highest BCUT2D eigenvalue weighted by atomic mass is 16.1. The number of rotatable bonds is 8. The van der Waals surface area contributed by atoms with Crippen LogP contribution in [0.4, 0.5) is 11.8 Å². The molecule has 0 spiro atoms. The SMILES string of the molecule is CCNc1nc(NCC(=O)NCc2ccc(C#N)cc2)cc(-n2cccc2)n1. The highest BCUT2D eigenvalue weighted by Crippen LogP contribution is 2.14. The van der Waals surface area contributed by atoms with Gasteiger partial charge in [0.2, 0.25) is 11.9 Å². The van der Waals surface area contributed by atoms with Crippen LogP contribution in [0.3, 0.4) is 0 Å². The lowest BCUT2D eigenvalue weighted by Crippen LogP contribution is -2.29. The van der Waals surface area contributed by atoms with Crippen molar-refractivity contribution >= 4 is 17.7 Å². The molecular formula is C20H21N7O. The second kappa shape index (κ2) is 9.19. The normalized spacial score (nSPS) is 10.1. The minimum absolute atomic E-state index is 0.0873. The van der Waals surface area contributed by atoms with Crippen molar-refractivity contribution in [3.8, 4) is 11.9 Å². The molecule has 3 aromatic rings. The average molecular weight is 375 g/mol. The molecule has 8 heteroatoms. The highest BCUT2D eigenvalue weighted by Gasteiger charge is 2.07. The van der Waals surface area contributed by atoms with E-state index in [0.29, 0.717) is 36.2 Å². The fourth-order valence-electron chi connectivity index (χ4n) is 2.51. The summed E-state index contributed by atoms with van der Waals surface area (Å²) in [5.41, 5.74) is 1.52. The first-order valence-corrected chi connectivity index (χ1v) is 8.94.